The molecule has 3 aromatic carbocycles. The molecule has 0 atom stereocenters. The fourth-order valence-corrected chi connectivity index (χ4v) is 3.43. The monoisotopic (exact) mass is 326 g/mol. The average Bonchev–Trinajstić information content (AvgIpc) is 3.03. The Bertz CT molecular complexity index is 966. The molecule has 0 spiro atoms. The third kappa shape index (κ3) is 3.21. The van der Waals surface area contributed by atoms with Crippen molar-refractivity contribution in [3.63, 3.8) is 0 Å². The van der Waals surface area contributed by atoms with Gasteiger partial charge < -0.3 is 10.7 Å². The van der Waals surface area contributed by atoms with Crippen LogP contribution >= 0.6 is 0 Å². The number of fused-ring (bicyclic) bond motifs is 1. The van der Waals surface area contributed by atoms with E-state index in [9.17, 15) is 0 Å². The molecular weight excluding hydrogens is 304 g/mol. The Hall–Kier alpha value is -2.84. The molecular formula is C23H22N2. The summed E-state index contributed by atoms with van der Waals surface area (Å²) in [6, 6.07) is 27.9. The number of hydrogen-bond acceptors (Lipinski definition) is 1. The molecule has 0 amide bonds. The van der Waals surface area contributed by atoms with Gasteiger partial charge in [-0.05, 0) is 41.3 Å². The largest absolute Gasteiger partial charge is 0.354 e. The summed E-state index contributed by atoms with van der Waals surface area (Å²) in [5, 5.41) is 1.30. The molecule has 2 nitrogen and oxygen atoms in total. The molecule has 0 unspecified atom stereocenters. The molecule has 0 bridgehead atoms. The second-order valence-corrected chi connectivity index (χ2v) is 6.42. The zero-order valence-electron chi connectivity index (χ0n) is 14.2. The third-order valence-electron chi connectivity index (χ3n) is 4.71. The molecule has 0 fully saturated rings. The van der Waals surface area contributed by atoms with Gasteiger partial charge in [0.2, 0.25) is 0 Å². The molecule has 2 heteroatoms. The Morgan fingerprint density at radius 2 is 1.40 bits per heavy atom. The van der Waals surface area contributed by atoms with E-state index in [-0.39, 0.29) is 0 Å². The van der Waals surface area contributed by atoms with E-state index in [2.05, 4.69) is 83.8 Å². The topological polar surface area (TPSA) is 41.8 Å². The molecule has 0 aliphatic carbocycles. The van der Waals surface area contributed by atoms with Gasteiger partial charge in [-0.25, -0.2) is 0 Å². The zero-order valence-corrected chi connectivity index (χ0v) is 14.2. The van der Waals surface area contributed by atoms with Gasteiger partial charge >= 0.3 is 0 Å². The van der Waals surface area contributed by atoms with Gasteiger partial charge in [0.15, 0.2) is 0 Å². The fourth-order valence-electron chi connectivity index (χ4n) is 3.43. The van der Waals surface area contributed by atoms with E-state index in [1.54, 1.807) is 0 Å². The number of para-hydroxylation sites is 1. The van der Waals surface area contributed by atoms with Gasteiger partial charge in [-0.3, -0.25) is 0 Å². The van der Waals surface area contributed by atoms with Crippen LogP contribution in [0.2, 0.25) is 0 Å². The van der Waals surface area contributed by atoms with Crippen LogP contribution in [-0.2, 0) is 12.8 Å². The standard InChI is InChI=1S/C23H22N2/c24-15-14-17-10-12-18(13-11-17)16-21-20-8-4-5-9-22(20)25-23(21)19-6-2-1-3-7-19/h1-13,25H,14-16,24H2. The van der Waals surface area contributed by atoms with Crippen LogP contribution in [0.4, 0.5) is 0 Å². The van der Waals surface area contributed by atoms with Gasteiger partial charge in [-0.2, -0.15) is 0 Å². The lowest BCUT2D eigenvalue weighted by atomic mass is 9.97. The van der Waals surface area contributed by atoms with Crippen LogP contribution in [0.1, 0.15) is 16.7 Å². The SMILES string of the molecule is NCCc1ccc(Cc2c(-c3ccccc3)[nH]c3ccccc23)cc1. The van der Waals surface area contributed by atoms with Gasteiger partial charge in [0.25, 0.3) is 0 Å². The first-order valence-corrected chi connectivity index (χ1v) is 8.78. The van der Waals surface area contributed by atoms with Crippen molar-refractivity contribution in [1.29, 1.82) is 0 Å². The fraction of sp³-hybridized carbons (Fsp3) is 0.130. The third-order valence-corrected chi connectivity index (χ3v) is 4.71. The average molecular weight is 326 g/mol. The van der Waals surface area contributed by atoms with Crippen molar-refractivity contribution < 1.29 is 0 Å². The first-order chi connectivity index (χ1) is 12.3. The van der Waals surface area contributed by atoms with E-state index >= 15 is 0 Å². The number of hydrogen-bond donors (Lipinski definition) is 2. The minimum absolute atomic E-state index is 0.694. The second-order valence-electron chi connectivity index (χ2n) is 6.42. The molecule has 4 aromatic rings. The highest BCUT2D eigenvalue weighted by atomic mass is 14.7. The normalized spacial score (nSPS) is 11.1. The van der Waals surface area contributed by atoms with Crippen molar-refractivity contribution in [3.05, 3.63) is 95.6 Å². The van der Waals surface area contributed by atoms with Gasteiger partial charge in [0, 0.05) is 17.3 Å². The van der Waals surface area contributed by atoms with Crippen LogP contribution in [0.3, 0.4) is 0 Å². The smallest absolute Gasteiger partial charge is 0.0500 e. The summed E-state index contributed by atoms with van der Waals surface area (Å²) in [5.74, 6) is 0. The zero-order chi connectivity index (χ0) is 17.1. The molecule has 1 aromatic heterocycles. The molecule has 0 aliphatic heterocycles. The van der Waals surface area contributed by atoms with Crippen molar-refractivity contribution in [3.8, 4) is 11.3 Å². The lowest BCUT2D eigenvalue weighted by molar-refractivity contribution is 0.967. The number of nitrogens with two attached hydrogens (primary N) is 1. The molecule has 0 saturated carbocycles. The maximum atomic E-state index is 5.65. The predicted octanol–water partition coefficient (Wildman–Crippen LogP) is 4.93. The maximum absolute atomic E-state index is 5.65. The number of H-pyrrole nitrogens is 1. The van der Waals surface area contributed by atoms with Crippen LogP contribution in [0.5, 0.6) is 0 Å². The minimum atomic E-state index is 0.694. The lowest BCUT2D eigenvalue weighted by Crippen LogP contribution is -2.02. The number of nitrogens with one attached hydrogen (secondary N) is 1. The van der Waals surface area contributed by atoms with E-state index < -0.39 is 0 Å². The van der Waals surface area contributed by atoms with E-state index in [0.717, 1.165) is 12.8 Å². The highest BCUT2D eigenvalue weighted by molar-refractivity contribution is 5.91. The van der Waals surface area contributed by atoms with E-state index in [1.165, 1.54) is 38.9 Å². The second kappa shape index (κ2) is 6.96. The van der Waals surface area contributed by atoms with Gasteiger partial charge in [0.05, 0.1) is 5.69 Å². The molecule has 0 saturated heterocycles. The first kappa shape index (κ1) is 15.7. The first-order valence-electron chi connectivity index (χ1n) is 8.78. The summed E-state index contributed by atoms with van der Waals surface area (Å²) in [6.07, 6.45) is 1.85. The summed E-state index contributed by atoms with van der Waals surface area (Å²) in [7, 11) is 0. The molecule has 4 rings (SSSR count). The highest BCUT2D eigenvalue weighted by Crippen LogP contribution is 2.32. The summed E-state index contributed by atoms with van der Waals surface area (Å²) in [5.41, 5.74) is 13.3. The Balaban J connectivity index is 1.77. The molecule has 124 valence electrons. The van der Waals surface area contributed by atoms with Crippen LogP contribution < -0.4 is 5.73 Å². The van der Waals surface area contributed by atoms with Crippen LogP contribution in [-0.4, -0.2) is 11.5 Å². The molecule has 1 heterocycles. The predicted molar refractivity (Wildman–Crippen MR) is 106 cm³/mol. The Morgan fingerprint density at radius 1 is 0.720 bits per heavy atom. The molecule has 25 heavy (non-hydrogen) atoms. The van der Waals surface area contributed by atoms with Crippen molar-refractivity contribution in [2.45, 2.75) is 12.8 Å². The summed E-state index contributed by atoms with van der Waals surface area (Å²) in [4.78, 5) is 3.62. The molecule has 0 aliphatic rings. The van der Waals surface area contributed by atoms with E-state index in [4.69, 9.17) is 5.73 Å². The maximum Gasteiger partial charge on any atom is 0.0500 e. The van der Waals surface area contributed by atoms with Crippen molar-refractivity contribution in [2.75, 3.05) is 6.54 Å². The molecule has 3 N–H and O–H groups in total. The van der Waals surface area contributed by atoms with E-state index in [1.807, 2.05) is 0 Å². The van der Waals surface area contributed by atoms with Crippen LogP contribution in [0.25, 0.3) is 22.2 Å². The van der Waals surface area contributed by atoms with Crippen molar-refractivity contribution >= 4 is 10.9 Å². The van der Waals surface area contributed by atoms with Gasteiger partial charge in [-0.1, -0.05) is 72.8 Å². The summed E-state index contributed by atoms with van der Waals surface area (Å²) < 4.78 is 0. The van der Waals surface area contributed by atoms with Gasteiger partial charge in [0.1, 0.15) is 0 Å². The molecule has 0 radical (unpaired) electrons. The Labute approximate surface area is 148 Å². The Morgan fingerprint density at radius 3 is 2.16 bits per heavy atom. The van der Waals surface area contributed by atoms with Crippen LogP contribution in [0.15, 0.2) is 78.9 Å². The number of benzene rings is 3. The van der Waals surface area contributed by atoms with Crippen molar-refractivity contribution in [1.82, 2.24) is 4.98 Å². The van der Waals surface area contributed by atoms with Gasteiger partial charge in [-0.15, -0.1) is 0 Å². The van der Waals surface area contributed by atoms with Crippen LogP contribution in [0, 0.1) is 0 Å². The van der Waals surface area contributed by atoms with Crippen molar-refractivity contribution in [2.24, 2.45) is 5.73 Å². The quantitative estimate of drug-likeness (QED) is 0.536. The number of aromatic amines is 1. The number of rotatable bonds is 5. The lowest BCUT2D eigenvalue weighted by Gasteiger charge is -2.07. The number of aromatic nitrogens is 1. The highest BCUT2D eigenvalue weighted by Gasteiger charge is 2.13. The Kier molecular flexibility index (Phi) is 4.36. The summed E-state index contributed by atoms with van der Waals surface area (Å²) in [6.45, 7) is 0.694. The summed E-state index contributed by atoms with van der Waals surface area (Å²) >= 11 is 0. The van der Waals surface area contributed by atoms with E-state index in [0.29, 0.717) is 6.54 Å². The minimum Gasteiger partial charge on any atom is -0.354 e.